The molecule has 2 atom stereocenters. The molecule has 1 aromatic rings. The van der Waals surface area contributed by atoms with Gasteiger partial charge in [0, 0.05) is 12.5 Å². The van der Waals surface area contributed by atoms with E-state index in [9.17, 15) is 0 Å². The maximum Gasteiger partial charge on any atom is 0.161 e. The summed E-state index contributed by atoms with van der Waals surface area (Å²) in [6.45, 7) is 7.00. The Kier molecular flexibility index (Phi) is 4.88. The minimum atomic E-state index is 0.222. The summed E-state index contributed by atoms with van der Waals surface area (Å²) < 4.78 is 11.7. The summed E-state index contributed by atoms with van der Waals surface area (Å²) >= 11 is 0. The minimum Gasteiger partial charge on any atom is -0.490 e. The highest BCUT2D eigenvalue weighted by molar-refractivity contribution is 5.39. The standard InChI is InChI=1S/C15H23NO2/c1-3-17-14-8-4-5-9-15(14)18-12(2)13-7-6-10-16-11-13/h4-5,8-9,12-13,16H,3,6-7,10-11H2,1-2H3/t12-,13?/m0/s1. The molecule has 0 bridgehead atoms. The van der Waals surface area contributed by atoms with E-state index in [-0.39, 0.29) is 6.10 Å². The predicted octanol–water partition coefficient (Wildman–Crippen LogP) is 2.85. The second-order valence-electron chi connectivity index (χ2n) is 4.81. The topological polar surface area (TPSA) is 30.5 Å². The van der Waals surface area contributed by atoms with E-state index >= 15 is 0 Å². The first-order valence-corrected chi connectivity index (χ1v) is 6.90. The van der Waals surface area contributed by atoms with E-state index in [0.29, 0.717) is 12.5 Å². The van der Waals surface area contributed by atoms with E-state index < -0.39 is 0 Å². The number of hydrogen-bond donors (Lipinski definition) is 1. The van der Waals surface area contributed by atoms with Gasteiger partial charge in [-0.15, -0.1) is 0 Å². The zero-order valence-electron chi connectivity index (χ0n) is 11.3. The highest BCUT2D eigenvalue weighted by Gasteiger charge is 2.22. The average Bonchev–Trinajstić information content (AvgIpc) is 2.42. The van der Waals surface area contributed by atoms with Crippen LogP contribution in [0.25, 0.3) is 0 Å². The van der Waals surface area contributed by atoms with Crippen LogP contribution in [-0.2, 0) is 0 Å². The molecule has 2 rings (SSSR count). The molecule has 0 saturated carbocycles. The van der Waals surface area contributed by atoms with Gasteiger partial charge in [0.1, 0.15) is 6.10 Å². The van der Waals surface area contributed by atoms with Crippen molar-refractivity contribution in [2.24, 2.45) is 5.92 Å². The Morgan fingerprint density at radius 3 is 2.78 bits per heavy atom. The Labute approximate surface area is 109 Å². The monoisotopic (exact) mass is 249 g/mol. The third kappa shape index (κ3) is 3.39. The van der Waals surface area contributed by atoms with Crippen LogP contribution in [0.2, 0.25) is 0 Å². The molecule has 1 saturated heterocycles. The van der Waals surface area contributed by atoms with Crippen molar-refractivity contribution >= 4 is 0 Å². The molecule has 100 valence electrons. The van der Waals surface area contributed by atoms with E-state index in [0.717, 1.165) is 24.6 Å². The molecule has 1 unspecified atom stereocenters. The number of hydrogen-bond acceptors (Lipinski definition) is 3. The molecule has 18 heavy (non-hydrogen) atoms. The molecule has 1 aliphatic heterocycles. The summed E-state index contributed by atoms with van der Waals surface area (Å²) in [7, 11) is 0. The Bertz CT molecular complexity index is 361. The quantitative estimate of drug-likeness (QED) is 0.870. The van der Waals surface area contributed by atoms with E-state index in [1.807, 2.05) is 31.2 Å². The zero-order chi connectivity index (χ0) is 12.8. The Balaban J connectivity index is 1.99. The molecule has 0 radical (unpaired) electrons. The summed E-state index contributed by atoms with van der Waals surface area (Å²) in [4.78, 5) is 0. The van der Waals surface area contributed by atoms with Crippen molar-refractivity contribution in [3.05, 3.63) is 24.3 Å². The lowest BCUT2D eigenvalue weighted by Crippen LogP contribution is -2.37. The lowest BCUT2D eigenvalue weighted by Gasteiger charge is -2.29. The summed E-state index contributed by atoms with van der Waals surface area (Å²) in [5, 5.41) is 3.43. The molecule has 1 aromatic carbocycles. The Hall–Kier alpha value is -1.22. The number of piperidine rings is 1. The lowest BCUT2D eigenvalue weighted by atomic mass is 9.94. The third-order valence-electron chi connectivity index (χ3n) is 3.46. The SMILES string of the molecule is CCOc1ccccc1O[C@@H](C)C1CCCNC1. The van der Waals surface area contributed by atoms with E-state index in [1.165, 1.54) is 12.8 Å². The van der Waals surface area contributed by atoms with Crippen LogP contribution < -0.4 is 14.8 Å². The first kappa shape index (κ1) is 13.2. The van der Waals surface area contributed by atoms with Gasteiger partial charge in [-0.3, -0.25) is 0 Å². The van der Waals surface area contributed by atoms with Crippen LogP contribution in [-0.4, -0.2) is 25.8 Å². The van der Waals surface area contributed by atoms with Crippen LogP contribution >= 0.6 is 0 Å². The van der Waals surface area contributed by atoms with Crippen molar-refractivity contribution in [3.8, 4) is 11.5 Å². The number of nitrogens with one attached hydrogen (secondary N) is 1. The van der Waals surface area contributed by atoms with Crippen LogP contribution in [0, 0.1) is 5.92 Å². The molecular formula is C15H23NO2. The van der Waals surface area contributed by atoms with Crippen molar-refractivity contribution < 1.29 is 9.47 Å². The van der Waals surface area contributed by atoms with Crippen molar-refractivity contribution in [2.45, 2.75) is 32.8 Å². The molecule has 0 aliphatic carbocycles. The summed E-state index contributed by atoms with van der Waals surface area (Å²) in [6, 6.07) is 7.91. The molecule has 3 heteroatoms. The normalized spacial score (nSPS) is 21.3. The average molecular weight is 249 g/mol. The van der Waals surface area contributed by atoms with Crippen molar-refractivity contribution in [1.82, 2.24) is 5.32 Å². The minimum absolute atomic E-state index is 0.222. The smallest absolute Gasteiger partial charge is 0.161 e. The predicted molar refractivity (Wildman–Crippen MR) is 73.3 cm³/mol. The fraction of sp³-hybridized carbons (Fsp3) is 0.600. The van der Waals surface area contributed by atoms with Crippen molar-refractivity contribution in [1.29, 1.82) is 0 Å². The van der Waals surface area contributed by atoms with Crippen LogP contribution in [0.5, 0.6) is 11.5 Å². The van der Waals surface area contributed by atoms with Gasteiger partial charge < -0.3 is 14.8 Å². The summed E-state index contributed by atoms with van der Waals surface area (Å²) in [5.41, 5.74) is 0. The first-order valence-electron chi connectivity index (χ1n) is 6.90. The molecule has 1 fully saturated rings. The number of rotatable bonds is 5. The van der Waals surface area contributed by atoms with Crippen molar-refractivity contribution in [2.75, 3.05) is 19.7 Å². The molecule has 1 heterocycles. The van der Waals surface area contributed by atoms with E-state index in [2.05, 4.69) is 12.2 Å². The van der Waals surface area contributed by atoms with Gasteiger partial charge in [-0.2, -0.15) is 0 Å². The van der Waals surface area contributed by atoms with Crippen LogP contribution in [0.3, 0.4) is 0 Å². The highest BCUT2D eigenvalue weighted by Crippen LogP contribution is 2.29. The Morgan fingerprint density at radius 1 is 1.33 bits per heavy atom. The van der Waals surface area contributed by atoms with E-state index in [4.69, 9.17) is 9.47 Å². The zero-order valence-corrected chi connectivity index (χ0v) is 11.3. The van der Waals surface area contributed by atoms with Gasteiger partial charge in [0.15, 0.2) is 11.5 Å². The summed E-state index contributed by atoms with van der Waals surface area (Å²) in [6.07, 6.45) is 2.70. The second kappa shape index (κ2) is 6.64. The van der Waals surface area contributed by atoms with Gasteiger partial charge in [0.25, 0.3) is 0 Å². The first-order chi connectivity index (χ1) is 8.81. The van der Waals surface area contributed by atoms with E-state index in [1.54, 1.807) is 0 Å². The maximum absolute atomic E-state index is 6.07. The van der Waals surface area contributed by atoms with Gasteiger partial charge in [-0.05, 0) is 45.4 Å². The van der Waals surface area contributed by atoms with Crippen LogP contribution in [0.1, 0.15) is 26.7 Å². The molecular weight excluding hydrogens is 226 g/mol. The fourth-order valence-corrected chi connectivity index (χ4v) is 2.40. The van der Waals surface area contributed by atoms with Crippen LogP contribution in [0.15, 0.2) is 24.3 Å². The fourth-order valence-electron chi connectivity index (χ4n) is 2.40. The van der Waals surface area contributed by atoms with Gasteiger partial charge in [0.05, 0.1) is 6.61 Å². The molecule has 3 nitrogen and oxygen atoms in total. The maximum atomic E-state index is 6.07. The molecule has 0 amide bonds. The molecule has 0 spiro atoms. The summed E-state index contributed by atoms with van der Waals surface area (Å²) in [5.74, 6) is 2.29. The molecule has 0 aromatic heterocycles. The van der Waals surface area contributed by atoms with Gasteiger partial charge >= 0.3 is 0 Å². The highest BCUT2D eigenvalue weighted by atomic mass is 16.5. The van der Waals surface area contributed by atoms with Gasteiger partial charge in [-0.1, -0.05) is 12.1 Å². The number of para-hydroxylation sites is 2. The van der Waals surface area contributed by atoms with Gasteiger partial charge in [0.2, 0.25) is 0 Å². The number of ether oxygens (including phenoxy) is 2. The third-order valence-corrected chi connectivity index (χ3v) is 3.46. The second-order valence-corrected chi connectivity index (χ2v) is 4.81. The number of benzene rings is 1. The van der Waals surface area contributed by atoms with Crippen LogP contribution in [0.4, 0.5) is 0 Å². The molecule has 1 aliphatic rings. The Morgan fingerprint density at radius 2 is 2.11 bits per heavy atom. The van der Waals surface area contributed by atoms with Gasteiger partial charge in [-0.25, -0.2) is 0 Å². The van der Waals surface area contributed by atoms with Crippen molar-refractivity contribution in [3.63, 3.8) is 0 Å². The largest absolute Gasteiger partial charge is 0.490 e. The lowest BCUT2D eigenvalue weighted by molar-refractivity contribution is 0.126. The molecule has 1 N–H and O–H groups in total.